The molecule has 0 atom stereocenters. The van der Waals surface area contributed by atoms with E-state index in [0.29, 0.717) is 5.82 Å². The molecular weight excluding hydrogens is 350 g/mol. The van der Waals surface area contributed by atoms with Gasteiger partial charge in [-0.2, -0.15) is 5.10 Å². The lowest BCUT2D eigenvalue weighted by Crippen LogP contribution is -2.11. The van der Waals surface area contributed by atoms with Gasteiger partial charge >= 0.3 is 0 Å². The molecule has 1 aliphatic carbocycles. The Hall–Kier alpha value is -3.41. The van der Waals surface area contributed by atoms with E-state index >= 15 is 0 Å². The van der Waals surface area contributed by atoms with Gasteiger partial charge in [0.1, 0.15) is 23.6 Å². The number of aromatic nitrogens is 4. The number of ether oxygens (including phenoxy) is 1. The fourth-order valence-corrected chi connectivity index (χ4v) is 4.13. The van der Waals surface area contributed by atoms with Gasteiger partial charge in [0.2, 0.25) is 0 Å². The SMILES string of the molecule is COc1cc(-c2nn(C3Cc4ccccc4C3)c3ncnc(N)c23)ccc1C. The van der Waals surface area contributed by atoms with Crippen molar-refractivity contribution in [2.75, 3.05) is 12.8 Å². The molecule has 4 aromatic rings. The maximum Gasteiger partial charge on any atom is 0.164 e. The molecule has 6 nitrogen and oxygen atoms in total. The van der Waals surface area contributed by atoms with Crippen molar-refractivity contribution in [3.63, 3.8) is 0 Å². The number of nitrogen functional groups attached to an aromatic ring is 1. The zero-order valence-corrected chi connectivity index (χ0v) is 15.9. The van der Waals surface area contributed by atoms with Crippen LogP contribution in [0.4, 0.5) is 5.82 Å². The fourth-order valence-electron chi connectivity index (χ4n) is 4.13. The van der Waals surface area contributed by atoms with Crippen molar-refractivity contribution < 1.29 is 4.74 Å². The third-order valence-corrected chi connectivity index (χ3v) is 5.57. The number of hydrogen-bond acceptors (Lipinski definition) is 5. The lowest BCUT2D eigenvalue weighted by molar-refractivity contribution is 0.412. The Morgan fingerprint density at radius 3 is 2.54 bits per heavy atom. The topological polar surface area (TPSA) is 78.8 Å². The number of anilines is 1. The standard InChI is InChI=1S/C22H21N5O/c1-13-7-8-16(11-18(13)28-2)20-19-21(23)24-12-25-22(19)27(26-20)17-9-14-5-3-4-6-15(14)10-17/h3-8,11-12,17H,9-10H2,1-2H3,(H2,23,24,25). The van der Waals surface area contributed by atoms with Gasteiger partial charge in [-0.15, -0.1) is 0 Å². The maximum atomic E-state index is 6.26. The van der Waals surface area contributed by atoms with Crippen molar-refractivity contribution >= 4 is 16.9 Å². The number of methoxy groups -OCH3 is 1. The summed E-state index contributed by atoms with van der Waals surface area (Å²) in [6.07, 6.45) is 3.39. The summed E-state index contributed by atoms with van der Waals surface area (Å²) in [5.74, 6) is 1.27. The van der Waals surface area contributed by atoms with Gasteiger partial charge in [0.25, 0.3) is 0 Å². The van der Waals surface area contributed by atoms with E-state index in [0.717, 1.165) is 46.4 Å². The molecule has 2 N–H and O–H groups in total. The summed E-state index contributed by atoms with van der Waals surface area (Å²) in [6.45, 7) is 2.02. The molecule has 0 aliphatic heterocycles. The van der Waals surface area contributed by atoms with Crippen molar-refractivity contribution in [2.45, 2.75) is 25.8 Å². The lowest BCUT2D eigenvalue weighted by Gasteiger charge is -2.10. The molecule has 0 saturated carbocycles. The number of aryl methyl sites for hydroxylation is 1. The van der Waals surface area contributed by atoms with E-state index in [1.54, 1.807) is 7.11 Å². The number of nitrogens with zero attached hydrogens (tertiary/aromatic N) is 4. The molecule has 2 aromatic carbocycles. The van der Waals surface area contributed by atoms with Crippen LogP contribution >= 0.6 is 0 Å². The normalized spacial score (nSPS) is 13.8. The lowest BCUT2D eigenvalue weighted by atomic mass is 10.1. The first-order valence-corrected chi connectivity index (χ1v) is 9.36. The predicted octanol–water partition coefficient (Wildman–Crippen LogP) is 3.73. The minimum atomic E-state index is 0.218. The van der Waals surface area contributed by atoms with E-state index in [4.69, 9.17) is 15.6 Å². The van der Waals surface area contributed by atoms with Crippen molar-refractivity contribution in [1.82, 2.24) is 19.7 Å². The molecule has 0 fully saturated rings. The van der Waals surface area contributed by atoms with Crippen LogP contribution in [-0.2, 0) is 12.8 Å². The molecule has 0 unspecified atom stereocenters. The third kappa shape index (κ3) is 2.52. The highest BCUT2D eigenvalue weighted by Gasteiger charge is 2.27. The van der Waals surface area contributed by atoms with Crippen LogP contribution in [0.5, 0.6) is 5.75 Å². The summed E-state index contributed by atoms with van der Waals surface area (Å²) in [5.41, 5.74) is 12.6. The molecule has 2 heterocycles. The number of nitrogens with two attached hydrogens (primary N) is 1. The molecule has 5 rings (SSSR count). The van der Waals surface area contributed by atoms with Gasteiger partial charge in [-0.05, 0) is 42.5 Å². The van der Waals surface area contributed by atoms with Crippen LogP contribution in [0.2, 0.25) is 0 Å². The van der Waals surface area contributed by atoms with Crippen LogP contribution in [0, 0.1) is 6.92 Å². The predicted molar refractivity (Wildman–Crippen MR) is 109 cm³/mol. The van der Waals surface area contributed by atoms with E-state index in [2.05, 4.69) is 34.2 Å². The highest BCUT2D eigenvalue weighted by Crippen LogP contribution is 2.37. The average molecular weight is 371 g/mol. The summed E-state index contributed by atoms with van der Waals surface area (Å²) in [4.78, 5) is 8.75. The fraction of sp³-hybridized carbons (Fsp3) is 0.227. The van der Waals surface area contributed by atoms with Gasteiger partial charge in [-0.3, -0.25) is 0 Å². The molecule has 0 amide bonds. The molecule has 0 saturated heterocycles. The number of benzene rings is 2. The van der Waals surface area contributed by atoms with Crippen LogP contribution in [0.1, 0.15) is 22.7 Å². The van der Waals surface area contributed by atoms with Crippen molar-refractivity contribution in [1.29, 1.82) is 0 Å². The van der Waals surface area contributed by atoms with Crippen molar-refractivity contribution in [3.8, 4) is 17.0 Å². The summed E-state index contributed by atoms with van der Waals surface area (Å²) < 4.78 is 7.52. The van der Waals surface area contributed by atoms with Gasteiger partial charge in [-0.1, -0.05) is 36.4 Å². The Morgan fingerprint density at radius 2 is 1.82 bits per heavy atom. The average Bonchev–Trinajstić information content (AvgIpc) is 3.30. The molecule has 140 valence electrons. The summed E-state index contributed by atoms with van der Waals surface area (Å²) in [7, 11) is 1.68. The van der Waals surface area contributed by atoms with Gasteiger partial charge in [0, 0.05) is 5.56 Å². The second-order valence-corrected chi connectivity index (χ2v) is 7.27. The second-order valence-electron chi connectivity index (χ2n) is 7.27. The highest BCUT2D eigenvalue weighted by molar-refractivity contribution is 5.98. The quantitative estimate of drug-likeness (QED) is 0.594. The molecule has 0 radical (unpaired) electrons. The Labute approximate surface area is 163 Å². The number of rotatable bonds is 3. The minimum Gasteiger partial charge on any atom is -0.496 e. The monoisotopic (exact) mass is 371 g/mol. The van der Waals surface area contributed by atoms with Crippen LogP contribution in [0.3, 0.4) is 0 Å². The van der Waals surface area contributed by atoms with Crippen LogP contribution < -0.4 is 10.5 Å². The first-order valence-electron chi connectivity index (χ1n) is 9.36. The number of fused-ring (bicyclic) bond motifs is 2. The Morgan fingerprint density at radius 1 is 1.07 bits per heavy atom. The number of hydrogen-bond donors (Lipinski definition) is 1. The van der Waals surface area contributed by atoms with E-state index in [1.807, 2.05) is 29.8 Å². The Bertz CT molecular complexity index is 1170. The van der Waals surface area contributed by atoms with E-state index in [-0.39, 0.29) is 6.04 Å². The molecular formula is C22H21N5O. The second kappa shape index (κ2) is 6.34. The summed E-state index contributed by atoms with van der Waals surface area (Å²) in [6, 6.07) is 14.8. The first kappa shape index (κ1) is 16.7. The van der Waals surface area contributed by atoms with Gasteiger partial charge in [0.15, 0.2) is 5.65 Å². The maximum absolute atomic E-state index is 6.26. The third-order valence-electron chi connectivity index (χ3n) is 5.57. The Kier molecular flexibility index (Phi) is 3.79. The molecule has 0 spiro atoms. The van der Waals surface area contributed by atoms with E-state index in [1.165, 1.54) is 17.5 Å². The molecule has 6 heteroatoms. The van der Waals surface area contributed by atoms with Crippen molar-refractivity contribution in [3.05, 3.63) is 65.5 Å². The molecule has 1 aliphatic rings. The largest absolute Gasteiger partial charge is 0.496 e. The van der Waals surface area contributed by atoms with Crippen LogP contribution in [0.15, 0.2) is 48.8 Å². The molecule has 28 heavy (non-hydrogen) atoms. The smallest absolute Gasteiger partial charge is 0.164 e. The van der Waals surface area contributed by atoms with Gasteiger partial charge < -0.3 is 10.5 Å². The zero-order valence-electron chi connectivity index (χ0n) is 15.9. The Balaban J connectivity index is 1.68. The van der Waals surface area contributed by atoms with Gasteiger partial charge in [0.05, 0.1) is 18.5 Å². The van der Waals surface area contributed by atoms with Crippen LogP contribution in [0.25, 0.3) is 22.3 Å². The van der Waals surface area contributed by atoms with Crippen molar-refractivity contribution in [2.24, 2.45) is 0 Å². The summed E-state index contributed by atoms with van der Waals surface area (Å²) >= 11 is 0. The van der Waals surface area contributed by atoms with E-state index in [9.17, 15) is 0 Å². The molecule has 2 aromatic heterocycles. The zero-order chi connectivity index (χ0) is 19.3. The molecule has 0 bridgehead atoms. The summed E-state index contributed by atoms with van der Waals surface area (Å²) in [5, 5.41) is 5.76. The van der Waals surface area contributed by atoms with Gasteiger partial charge in [-0.25, -0.2) is 14.6 Å². The van der Waals surface area contributed by atoms with Crippen LogP contribution in [-0.4, -0.2) is 26.9 Å². The van der Waals surface area contributed by atoms with E-state index < -0.39 is 0 Å². The highest BCUT2D eigenvalue weighted by atomic mass is 16.5. The first-order chi connectivity index (χ1) is 13.7. The minimum absolute atomic E-state index is 0.218.